The monoisotopic (exact) mass is 348 g/mol. The predicted molar refractivity (Wildman–Crippen MR) is 80.7 cm³/mol. The van der Waals surface area contributed by atoms with Crippen molar-refractivity contribution in [2.75, 3.05) is 7.11 Å². The Labute approximate surface area is 140 Å². The van der Waals surface area contributed by atoms with Gasteiger partial charge in [-0.25, -0.2) is 29.1 Å². The van der Waals surface area contributed by atoms with Crippen molar-refractivity contribution in [2.45, 2.75) is 0 Å². The summed E-state index contributed by atoms with van der Waals surface area (Å²) in [5.41, 5.74) is -1.08. The van der Waals surface area contributed by atoms with Crippen LogP contribution in [-0.2, 0) is 4.74 Å². The molecule has 0 unspecified atom stereocenters. The highest BCUT2D eigenvalue weighted by Gasteiger charge is 2.17. The molecule has 2 aromatic heterocycles. The molecule has 3 N–H and O–H groups in total. The molecule has 10 nitrogen and oxygen atoms in total. The molecule has 0 aliphatic rings. The summed E-state index contributed by atoms with van der Waals surface area (Å²) < 4.78 is 4.36. The van der Waals surface area contributed by atoms with Crippen molar-refractivity contribution in [1.29, 1.82) is 0 Å². The Morgan fingerprint density at radius 2 is 1.24 bits per heavy atom. The highest BCUT2D eigenvalue weighted by Crippen LogP contribution is 2.06. The highest BCUT2D eigenvalue weighted by molar-refractivity contribution is 6.01. The minimum Gasteiger partial charge on any atom is -0.478 e. The van der Waals surface area contributed by atoms with E-state index in [2.05, 4.69) is 14.7 Å². The van der Waals surface area contributed by atoms with E-state index in [4.69, 9.17) is 15.3 Å². The van der Waals surface area contributed by atoms with E-state index in [0.29, 0.717) is 0 Å². The van der Waals surface area contributed by atoms with Gasteiger partial charge in [0.05, 0.1) is 18.2 Å². The van der Waals surface area contributed by atoms with E-state index in [-0.39, 0.29) is 16.8 Å². The van der Waals surface area contributed by atoms with Crippen LogP contribution in [0.5, 0.6) is 0 Å². The van der Waals surface area contributed by atoms with Crippen LogP contribution in [-0.4, -0.2) is 56.3 Å². The third-order valence-electron chi connectivity index (χ3n) is 2.66. The summed E-state index contributed by atoms with van der Waals surface area (Å²) in [5.74, 6) is -4.58. The number of ether oxygens (including phenoxy) is 1. The zero-order valence-corrected chi connectivity index (χ0v) is 12.7. The van der Waals surface area contributed by atoms with Crippen molar-refractivity contribution < 1.29 is 39.2 Å². The maximum Gasteiger partial charge on any atom is 0.357 e. The molecule has 25 heavy (non-hydrogen) atoms. The normalized spacial score (nSPS) is 9.32. The van der Waals surface area contributed by atoms with Crippen molar-refractivity contribution in [3.8, 4) is 0 Å². The van der Waals surface area contributed by atoms with Gasteiger partial charge < -0.3 is 20.1 Å². The lowest BCUT2D eigenvalue weighted by Crippen LogP contribution is -2.11. The Balaban J connectivity index is 0.000000251. The van der Waals surface area contributed by atoms with Crippen LogP contribution in [0.1, 0.15) is 41.7 Å². The summed E-state index contributed by atoms with van der Waals surface area (Å²) in [6.45, 7) is 0. The maximum absolute atomic E-state index is 11.0. The van der Waals surface area contributed by atoms with E-state index in [0.717, 1.165) is 0 Å². The quantitative estimate of drug-likeness (QED) is 0.680. The molecule has 0 radical (unpaired) electrons. The first-order chi connectivity index (χ1) is 11.8. The number of rotatable bonds is 4. The van der Waals surface area contributed by atoms with Gasteiger partial charge in [-0.15, -0.1) is 0 Å². The van der Waals surface area contributed by atoms with E-state index in [9.17, 15) is 19.2 Å². The second-order valence-electron chi connectivity index (χ2n) is 4.21. The number of hydrogen-bond donors (Lipinski definition) is 3. The molecular formula is C15H12N2O8. The molecule has 2 aromatic rings. The van der Waals surface area contributed by atoms with Gasteiger partial charge in [-0.1, -0.05) is 0 Å². The van der Waals surface area contributed by atoms with Gasteiger partial charge in [-0.2, -0.15) is 0 Å². The average Bonchev–Trinajstić information content (AvgIpc) is 2.61. The van der Waals surface area contributed by atoms with Gasteiger partial charge in [0.1, 0.15) is 0 Å². The Morgan fingerprint density at radius 1 is 0.800 bits per heavy atom. The molecule has 0 bridgehead atoms. The van der Waals surface area contributed by atoms with Gasteiger partial charge in [-0.05, 0) is 24.3 Å². The lowest BCUT2D eigenvalue weighted by molar-refractivity contribution is 0.0575. The second-order valence-corrected chi connectivity index (χ2v) is 4.21. The van der Waals surface area contributed by atoms with Crippen molar-refractivity contribution in [1.82, 2.24) is 9.97 Å². The van der Waals surface area contributed by atoms with Crippen LogP contribution in [0.2, 0.25) is 0 Å². The van der Waals surface area contributed by atoms with Crippen LogP contribution >= 0.6 is 0 Å². The van der Waals surface area contributed by atoms with Crippen molar-refractivity contribution >= 4 is 23.9 Å². The maximum atomic E-state index is 11.0. The molecule has 0 atom stereocenters. The standard InChI is InChI=1S/C8H7NO4.C7H5NO4/c1-13-8(12)6-5(7(10)11)3-2-4-9-6;9-6(10)4-2-1-3-8-5(4)7(11)12/h2-4H,1H3,(H,10,11);1-3H,(H,9,10)(H,11,12). The predicted octanol–water partition coefficient (Wildman–Crippen LogP) is 1.04. The van der Waals surface area contributed by atoms with Gasteiger partial charge in [0, 0.05) is 12.4 Å². The molecule has 0 aliphatic carbocycles. The fraction of sp³-hybridized carbons (Fsp3) is 0.0667. The van der Waals surface area contributed by atoms with E-state index in [1.165, 1.54) is 43.8 Å². The number of carbonyl (C=O) groups excluding carboxylic acids is 1. The van der Waals surface area contributed by atoms with E-state index in [1.807, 2.05) is 0 Å². The number of esters is 1. The number of carbonyl (C=O) groups is 4. The molecule has 2 heterocycles. The van der Waals surface area contributed by atoms with Gasteiger partial charge in [0.25, 0.3) is 0 Å². The molecule has 0 saturated heterocycles. The minimum atomic E-state index is -1.34. The third-order valence-corrected chi connectivity index (χ3v) is 2.66. The van der Waals surface area contributed by atoms with E-state index >= 15 is 0 Å². The van der Waals surface area contributed by atoms with Gasteiger partial charge in [0.15, 0.2) is 11.4 Å². The molecule has 0 fully saturated rings. The number of methoxy groups -OCH3 is 1. The number of pyridine rings is 2. The molecule has 0 spiro atoms. The topological polar surface area (TPSA) is 164 Å². The largest absolute Gasteiger partial charge is 0.478 e. The summed E-state index contributed by atoms with van der Waals surface area (Å²) in [5, 5.41) is 25.7. The summed E-state index contributed by atoms with van der Waals surface area (Å²) in [6.07, 6.45) is 2.56. The van der Waals surface area contributed by atoms with Crippen molar-refractivity contribution in [3.63, 3.8) is 0 Å². The Morgan fingerprint density at radius 3 is 1.60 bits per heavy atom. The van der Waals surface area contributed by atoms with Crippen molar-refractivity contribution in [3.05, 3.63) is 59.2 Å². The number of carboxylic acids is 3. The summed E-state index contributed by atoms with van der Waals surface area (Å²) in [7, 11) is 1.17. The fourth-order valence-electron chi connectivity index (χ4n) is 1.59. The van der Waals surface area contributed by atoms with E-state index in [1.54, 1.807) is 0 Å². The zero-order valence-electron chi connectivity index (χ0n) is 12.7. The van der Waals surface area contributed by atoms with E-state index < -0.39 is 29.6 Å². The number of aromatic carboxylic acids is 3. The summed E-state index contributed by atoms with van der Waals surface area (Å²) in [6, 6.07) is 5.30. The van der Waals surface area contributed by atoms with Gasteiger partial charge in [-0.3, -0.25) is 0 Å². The average molecular weight is 348 g/mol. The first-order valence-electron chi connectivity index (χ1n) is 6.47. The number of carboxylic acid groups (broad SMARTS) is 3. The first kappa shape index (κ1) is 19.2. The molecular weight excluding hydrogens is 336 g/mol. The third kappa shape index (κ3) is 5.10. The van der Waals surface area contributed by atoms with Crippen LogP contribution in [0.15, 0.2) is 36.7 Å². The fourth-order valence-corrected chi connectivity index (χ4v) is 1.59. The Kier molecular flexibility index (Phi) is 6.71. The lowest BCUT2D eigenvalue weighted by Gasteiger charge is -2.00. The molecule has 130 valence electrons. The molecule has 0 amide bonds. The number of hydrogen-bond acceptors (Lipinski definition) is 7. The van der Waals surface area contributed by atoms with Crippen LogP contribution in [0, 0.1) is 0 Å². The van der Waals surface area contributed by atoms with Crippen LogP contribution in [0.25, 0.3) is 0 Å². The minimum absolute atomic E-state index is 0.158. The van der Waals surface area contributed by atoms with Crippen molar-refractivity contribution in [2.24, 2.45) is 0 Å². The smallest absolute Gasteiger partial charge is 0.357 e. The Hall–Kier alpha value is -3.82. The Bertz CT molecular complexity index is 786. The summed E-state index contributed by atoms with van der Waals surface area (Å²) in [4.78, 5) is 49.4. The van der Waals surface area contributed by atoms with Gasteiger partial charge in [0.2, 0.25) is 0 Å². The second kappa shape index (κ2) is 8.72. The first-order valence-corrected chi connectivity index (χ1v) is 6.47. The SMILES string of the molecule is COC(=O)c1ncccc1C(=O)O.O=C(O)c1cccnc1C(=O)O. The molecule has 0 saturated carbocycles. The molecule has 2 rings (SSSR count). The van der Waals surface area contributed by atoms with Crippen LogP contribution in [0.4, 0.5) is 0 Å². The highest BCUT2D eigenvalue weighted by atomic mass is 16.5. The lowest BCUT2D eigenvalue weighted by atomic mass is 10.2. The zero-order chi connectivity index (χ0) is 19.0. The summed E-state index contributed by atoms with van der Waals surface area (Å²) >= 11 is 0. The van der Waals surface area contributed by atoms with Crippen LogP contribution < -0.4 is 0 Å². The molecule has 0 aliphatic heterocycles. The number of aromatic nitrogens is 2. The van der Waals surface area contributed by atoms with Crippen LogP contribution in [0.3, 0.4) is 0 Å². The molecule has 10 heteroatoms. The number of nitrogens with zero attached hydrogens (tertiary/aromatic N) is 2. The molecule has 0 aromatic carbocycles. The van der Waals surface area contributed by atoms with Gasteiger partial charge >= 0.3 is 23.9 Å².